The average Bonchev–Trinajstić information content (AvgIpc) is 3.07. The lowest BCUT2D eigenvalue weighted by atomic mass is 9.86. The van der Waals surface area contributed by atoms with E-state index in [0.29, 0.717) is 6.54 Å². The van der Waals surface area contributed by atoms with Gasteiger partial charge in [0.2, 0.25) is 11.8 Å². The number of rotatable bonds is 4. The quantitative estimate of drug-likeness (QED) is 0.809. The van der Waals surface area contributed by atoms with Crippen molar-refractivity contribution in [3.8, 4) is 0 Å². The first-order valence-corrected chi connectivity index (χ1v) is 9.40. The molecule has 2 atom stereocenters. The Morgan fingerprint density at radius 2 is 2.08 bits per heavy atom. The second-order valence-corrected chi connectivity index (χ2v) is 9.17. The van der Waals surface area contributed by atoms with E-state index in [1.807, 2.05) is 36.5 Å². The third-order valence-corrected chi connectivity index (χ3v) is 5.95. The first kappa shape index (κ1) is 18.5. The first-order valence-electron chi connectivity index (χ1n) is 8.58. The number of anilines is 1. The van der Waals surface area contributed by atoms with Gasteiger partial charge in [0.15, 0.2) is 4.75 Å². The lowest BCUT2D eigenvalue weighted by Crippen LogP contribution is -2.57. The van der Waals surface area contributed by atoms with Gasteiger partial charge in [-0.3, -0.25) is 14.3 Å². The monoisotopic (exact) mass is 372 g/mol. The Bertz CT molecular complexity index is 813. The van der Waals surface area contributed by atoms with E-state index in [1.165, 1.54) is 11.8 Å². The maximum atomic E-state index is 13.1. The van der Waals surface area contributed by atoms with Gasteiger partial charge in [0.05, 0.1) is 18.3 Å². The van der Waals surface area contributed by atoms with Crippen LogP contribution in [0.2, 0.25) is 0 Å². The van der Waals surface area contributed by atoms with Gasteiger partial charge in [-0.25, -0.2) is 0 Å². The molecule has 2 N–H and O–H groups in total. The molecular formula is C19H24N4O2S. The molecule has 2 amide bonds. The summed E-state index contributed by atoms with van der Waals surface area (Å²) in [6, 6.07) is 9.20. The number of nitrogens with zero attached hydrogens (tertiary/aromatic N) is 2. The Hall–Kier alpha value is -2.28. The van der Waals surface area contributed by atoms with Crippen LogP contribution in [0.15, 0.2) is 47.6 Å². The molecule has 0 fully saturated rings. The zero-order valence-corrected chi connectivity index (χ0v) is 16.3. The van der Waals surface area contributed by atoms with E-state index >= 15 is 0 Å². The number of carbonyl (C=O) groups is 2. The third kappa shape index (κ3) is 3.62. The highest BCUT2D eigenvalue weighted by Gasteiger charge is 2.47. The van der Waals surface area contributed by atoms with E-state index in [9.17, 15) is 9.59 Å². The fraction of sp³-hybridized carbons (Fsp3) is 0.421. The molecule has 1 aliphatic heterocycles. The SMILES string of the molecule is CC1(C(=O)NC(Cn2cccn2)C(C)(C)C)Sc2ccccc2NC1=O. The lowest BCUT2D eigenvalue weighted by molar-refractivity contribution is -0.131. The number of aromatic nitrogens is 2. The first-order chi connectivity index (χ1) is 12.2. The third-order valence-electron chi connectivity index (χ3n) is 4.60. The summed E-state index contributed by atoms with van der Waals surface area (Å²) >= 11 is 1.29. The highest BCUT2D eigenvalue weighted by atomic mass is 32.2. The highest BCUT2D eigenvalue weighted by molar-refractivity contribution is 8.02. The van der Waals surface area contributed by atoms with Gasteiger partial charge in [0.25, 0.3) is 0 Å². The van der Waals surface area contributed by atoms with Crippen molar-refractivity contribution in [1.29, 1.82) is 0 Å². The number of nitrogens with one attached hydrogen (secondary N) is 2. The van der Waals surface area contributed by atoms with Gasteiger partial charge in [-0.05, 0) is 30.5 Å². The fourth-order valence-corrected chi connectivity index (χ4v) is 3.85. The Kier molecular flexibility index (Phi) is 4.84. The van der Waals surface area contributed by atoms with Gasteiger partial charge >= 0.3 is 0 Å². The van der Waals surface area contributed by atoms with Gasteiger partial charge in [-0.2, -0.15) is 5.10 Å². The summed E-state index contributed by atoms with van der Waals surface area (Å²) in [6.07, 6.45) is 3.58. The van der Waals surface area contributed by atoms with Crippen LogP contribution in [-0.4, -0.2) is 32.4 Å². The maximum absolute atomic E-state index is 13.1. The summed E-state index contributed by atoms with van der Waals surface area (Å²) in [5.74, 6) is -0.591. The van der Waals surface area contributed by atoms with Crippen molar-refractivity contribution in [2.75, 3.05) is 5.32 Å². The Labute approximate surface area is 157 Å². The van der Waals surface area contributed by atoms with Gasteiger partial charge in [0, 0.05) is 17.3 Å². The lowest BCUT2D eigenvalue weighted by Gasteiger charge is -2.36. The van der Waals surface area contributed by atoms with Crippen molar-refractivity contribution < 1.29 is 9.59 Å². The van der Waals surface area contributed by atoms with Gasteiger partial charge in [-0.1, -0.05) is 44.7 Å². The largest absolute Gasteiger partial charge is 0.349 e. The zero-order valence-electron chi connectivity index (χ0n) is 15.4. The van der Waals surface area contributed by atoms with Crippen LogP contribution in [0.3, 0.4) is 0 Å². The van der Waals surface area contributed by atoms with Crippen LogP contribution in [0.25, 0.3) is 0 Å². The highest BCUT2D eigenvalue weighted by Crippen LogP contribution is 2.42. The zero-order chi connectivity index (χ0) is 18.9. The Balaban J connectivity index is 1.81. The maximum Gasteiger partial charge on any atom is 0.250 e. The van der Waals surface area contributed by atoms with E-state index in [1.54, 1.807) is 17.8 Å². The Morgan fingerprint density at radius 3 is 2.73 bits per heavy atom. The van der Waals surface area contributed by atoms with Crippen molar-refractivity contribution in [3.05, 3.63) is 42.7 Å². The molecule has 0 radical (unpaired) electrons. The number of thioether (sulfide) groups is 1. The van der Waals surface area contributed by atoms with E-state index in [2.05, 4.69) is 36.5 Å². The summed E-state index contributed by atoms with van der Waals surface area (Å²) in [7, 11) is 0. The molecule has 1 aromatic heterocycles. The van der Waals surface area contributed by atoms with Gasteiger partial charge in [0.1, 0.15) is 0 Å². The molecule has 0 saturated heterocycles. The number of benzene rings is 1. The molecule has 0 spiro atoms. The minimum atomic E-state index is -1.22. The minimum Gasteiger partial charge on any atom is -0.349 e. The standard InChI is InChI=1S/C19H24N4O2S/c1-18(2,3)15(12-23-11-7-10-20-23)22-17(25)19(4)16(24)21-13-8-5-6-9-14(13)26-19/h5-11,15H,12H2,1-4H3,(H,21,24)(H,22,25). The fourth-order valence-electron chi connectivity index (χ4n) is 2.74. The topological polar surface area (TPSA) is 76.0 Å². The molecule has 2 aromatic rings. The van der Waals surface area contributed by atoms with E-state index < -0.39 is 4.75 Å². The van der Waals surface area contributed by atoms with Crippen LogP contribution in [0.1, 0.15) is 27.7 Å². The van der Waals surface area contributed by atoms with Crippen molar-refractivity contribution in [2.45, 2.75) is 49.9 Å². The van der Waals surface area contributed by atoms with Crippen molar-refractivity contribution in [2.24, 2.45) is 5.41 Å². The van der Waals surface area contributed by atoms with E-state index in [-0.39, 0.29) is 23.3 Å². The molecule has 3 rings (SSSR count). The second-order valence-electron chi connectivity index (χ2n) is 7.71. The second kappa shape index (κ2) is 6.79. The summed E-state index contributed by atoms with van der Waals surface area (Å²) in [6.45, 7) is 8.40. The van der Waals surface area contributed by atoms with Gasteiger partial charge in [-0.15, -0.1) is 0 Å². The number of carbonyl (C=O) groups excluding carboxylic acids is 2. The van der Waals surface area contributed by atoms with Crippen molar-refractivity contribution >= 4 is 29.3 Å². The molecular weight excluding hydrogens is 348 g/mol. The molecule has 2 unspecified atom stereocenters. The molecule has 0 aliphatic carbocycles. The molecule has 6 nitrogen and oxygen atoms in total. The number of amides is 2. The number of fused-ring (bicyclic) bond motifs is 1. The van der Waals surface area contributed by atoms with Crippen molar-refractivity contribution in [1.82, 2.24) is 15.1 Å². The average molecular weight is 372 g/mol. The predicted molar refractivity (Wildman–Crippen MR) is 103 cm³/mol. The van der Waals surface area contributed by atoms with Gasteiger partial charge < -0.3 is 10.6 Å². The summed E-state index contributed by atoms with van der Waals surface area (Å²) < 4.78 is 0.573. The summed E-state index contributed by atoms with van der Waals surface area (Å²) in [5, 5.41) is 10.2. The van der Waals surface area contributed by atoms with E-state index in [4.69, 9.17) is 0 Å². The minimum absolute atomic E-state index is 0.169. The van der Waals surface area contributed by atoms with Crippen LogP contribution >= 0.6 is 11.8 Å². The molecule has 26 heavy (non-hydrogen) atoms. The molecule has 7 heteroatoms. The molecule has 1 aromatic carbocycles. The van der Waals surface area contributed by atoms with Crippen LogP contribution in [0, 0.1) is 5.41 Å². The molecule has 2 heterocycles. The molecule has 0 bridgehead atoms. The molecule has 138 valence electrons. The smallest absolute Gasteiger partial charge is 0.250 e. The number of para-hydroxylation sites is 1. The van der Waals surface area contributed by atoms with Crippen LogP contribution in [-0.2, 0) is 16.1 Å². The van der Waals surface area contributed by atoms with Crippen LogP contribution in [0.5, 0.6) is 0 Å². The Morgan fingerprint density at radius 1 is 1.35 bits per heavy atom. The normalized spacial score (nSPS) is 20.8. The number of hydrogen-bond acceptors (Lipinski definition) is 4. The number of hydrogen-bond donors (Lipinski definition) is 2. The molecule has 0 saturated carbocycles. The van der Waals surface area contributed by atoms with Crippen LogP contribution in [0.4, 0.5) is 5.69 Å². The van der Waals surface area contributed by atoms with E-state index in [0.717, 1.165) is 10.6 Å². The summed E-state index contributed by atoms with van der Waals surface area (Å²) in [5.41, 5.74) is 0.558. The van der Waals surface area contributed by atoms with Crippen molar-refractivity contribution in [3.63, 3.8) is 0 Å². The predicted octanol–water partition coefficient (Wildman–Crippen LogP) is 2.92. The summed E-state index contributed by atoms with van der Waals surface area (Å²) in [4.78, 5) is 26.7. The van der Waals surface area contributed by atoms with Crippen LogP contribution < -0.4 is 10.6 Å². The molecule has 1 aliphatic rings.